The Hall–Kier alpha value is -2.81. The summed E-state index contributed by atoms with van der Waals surface area (Å²) in [6, 6.07) is 5.16. The zero-order chi connectivity index (χ0) is 18.2. The van der Waals surface area contributed by atoms with Gasteiger partial charge in [0.05, 0.1) is 17.4 Å². The third-order valence-corrected chi connectivity index (χ3v) is 3.66. The van der Waals surface area contributed by atoms with E-state index in [-0.39, 0.29) is 29.7 Å². The first-order valence-corrected chi connectivity index (χ1v) is 7.92. The second kappa shape index (κ2) is 8.88. The average molecular weight is 348 g/mol. The molecule has 1 saturated heterocycles. The summed E-state index contributed by atoms with van der Waals surface area (Å²) in [7, 11) is 0. The van der Waals surface area contributed by atoms with Crippen molar-refractivity contribution in [3.05, 3.63) is 39.9 Å². The molecular formula is C16H20N4O5. The van der Waals surface area contributed by atoms with Crippen LogP contribution in [0.2, 0.25) is 0 Å². The number of carbonyl (C=O) groups is 2. The molecule has 2 rings (SSSR count). The van der Waals surface area contributed by atoms with Crippen LogP contribution in [0.15, 0.2) is 29.4 Å². The molecule has 2 amide bonds. The lowest BCUT2D eigenvalue weighted by Gasteiger charge is -2.10. The Morgan fingerprint density at radius 2 is 2.08 bits per heavy atom. The molecule has 1 fully saturated rings. The number of carbonyl (C=O) groups excluding carboxylic acids is 2. The Kier molecular flexibility index (Phi) is 6.58. The smallest absolute Gasteiger partial charge is 0.271 e. The summed E-state index contributed by atoms with van der Waals surface area (Å²) in [4.78, 5) is 33.7. The number of hydrazone groups is 1. The predicted molar refractivity (Wildman–Crippen MR) is 90.3 cm³/mol. The molecule has 9 nitrogen and oxygen atoms in total. The summed E-state index contributed by atoms with van der Waals surface area (Å²) >= 11 is 0. The maximum atomic E-state index is 11.9. The first-order chi connectivity index (χ1) is 12.0. The molecule has 9 heteroatoms. The van der Waals surface area contributed by atoms with E-state index in [0.29, 0.717) is 12.3 Å². The van der Waals surface area contributed by atoms with Gasteiger partial charge in [0.2, 0.25) is 5.91 Å². The number of benzene rings is 1. The first kappa shape index (κ1) is 18.5. The number of hydrogen-bond acceptors (Lipinski definition) is 6. The number of non-ortho nitro benzene ring substituents is 1. The van der Waals surface area contributed by atoms with E-state index in [4.69, 9.17) is 4.74 Å². The number of rotatable bonds is 7. The molecule has 0 radical (unpaired) electrons. The lowest BCUT2D eigenvalue weighted by atomic mass is 10.2. The van der Waals surface area contributed by atoms with E-state index in [1.807, 2.05) is 0 Å². The molecule has 1 atom stereocenters. The molecule has 134 valence electrons. The number of nitrogens with one attached hydrogen (secondary N) is 2. The molecule has 0 bridgehead atoms. The standard InChI is InChI=1S/C16H20N4O5/c1-11(9-15(21)17-10-14-3-2-8-25-14)18-19-16(22)12-4-6-13(7-5-12)20(23)24/h4-7,14H,2-3,8-10H2,1H3,(H,17,21)(H,19,22)/b18-11-/t14-/m0/s1. The maximum Gasteiger partial charge on any atom is 0.271 e. The van der Waals surface area contributed by atoms with Crippen LogP contribution in [0.5, 0.6) is 0 Å². The van der Waals surface area contributed by atoms with Crippen molar-refractivity contribution in [3.63, 3.8) is 0 Å². The van der Waals surface area contributed by atoms with Crippen LogP contribution in [0.1, 0.15) is 36.5 Å². The van der Waals surface area contributed by atoms with Gasteiger partial charge in [0.25, 0.3) is 11.6 Å². The fraction of sp³-hybridized carbons (Fsp3) is 0.438. The van der Waals surface area contributed by atoms with Gasteiger partial charge < -0.3 is 10.1 Å². The van der Waals surface area contributed by atoms with Crippen molar-refractivity contribution in [3.8, 4) is 0 Å². The molecule has 1 aliphatic rings. The van der Waals surface area contributed by atoms with Crippen LogP contribution in [0.3, 0.4) is 0 Å². The highest BCUT2D eigenvalue weighted by atomic mass is 16.6. The van der Waals surface area contributed by atoms with Gasteiger partial charge in [-0.1, -0.05) is 0 Å². The minimum atomic E-state index is -0.542. The third kappa shape index (κ3) is 5.96. The summed E-state index contributed by atoms with van der Waals surface area (Å²) in [6.07, 6.45) is 2.09. The van der Waals surface area contributed by atoms with E-state index >= 15 is 0 Å². The van der Waals surface area contributed by atoms with Crippen LogP contribution < -0.4 is 10.7 Å². The van der Waals surface area contributed by atoms with Gasteiger partial charge in [-0.2, -0.15) is 5.10 Å². The van der Waals surface area contributed by atoms with Gasteiger partial charge >= 0.3 is 0 Å². The van der Waals surface area contributed by atoms with E-state index in [2.05, 4.69) is 15.8 Å². The number of ether oxygens (including phenoxy) is 1. The van der Waals surface area contributed by atoms with Crippen molar-refractivity contribution < 1.29 is 19.2 Å². The van der Waals surface area contributed by atoms with E-state index in [1.54, 1.807) is 6.92 Å². The van der Waals surface area contributed by atoms with Crippen LogP contribution in [0.25, 0.3) is 0 Å². The molecule has 0 unspecified atom stereocenters. The molecule has 2 N–H and O–H groups in total. The lowest BCUT2D eigenvalue weighted by Crippen LogP contribution is -2.33. The van der Waals surface area contributed by atoms with Gasteiger partial charge in [0.1, 0.15) is 0 Å². The van der Waals surface area contributed by atoms with E-state index in [9.17, 15) is 19.7 Å². The van der Waals surface area contributed by atoms with Gasteiger partial charge in [-0.15, -0.1) is 0 Å². The largest absolute Gasteiger partial charge is 0.376 e. The number of amides is 2. The third-order valence-electron chi connectivity index (χ3n) is 3.66. The summed E-state index contributed by atoms with van der Waals surface area (Å²) < 4.78 is 5.42. The Morgan fingerprint density at radius 1 is 1.36 bits per heavy atom. The zero-order valence-electron chi connectivity index (χ0n) is 13.9. The summed E-state index contributed by atoms with van der Waals surface area (Å²) in [5.74, 6) is -0.699. The summed E-state index contributed by atoms with van der Waals surface area (Å²) in [5, 5.41) is 17.2. The second-order valence-corrected chi connectivity index (χ2v) is 5.71. The van der Waals surface area contributed by atoms with Crippen LogP contribution in [-0.2, 0) is 9.53 Å². The topological polar surface area (TPSA) is 123 Å². The SMILES string of the molecule is C/C(CC(=O)NC[C@@H]1CCCO1)=N/NC(=O)c1ccc([N+](=O)[O-])cc1. The summed E-state index contributed by atoms with van der Waals surface area (Å²) in [5.41, 5.74) is 2.91. The summed E-state index contributed by atoms with van der Waals surface area (Å²) in [6.45, 7) is 2.83. The molecule has 25 heavy (non-hydrogen) atoms. The zero-order valence-corrected chi connectivity index (χ0v) is 13.9. The van der Waals surface area contributed by atoms with Gasteiger partial charge in [0.15, 0.2) is 0 Å². The monoisotopic (exact) mass is 348 g/mol. The van der Waals surface area contributed by atoms with Crippen LogP contribution in [0.4, 0.5) is 5.69 Å². The molecule has 1 heterocycles. The Labute approximate surface area is 144 Å². The number of nitro groups is 1. The van der Waals surface area contributed by atoms with Gasteiger partial charge in [0, 0.05) is 36.6 Å². The molecule has 1 aromatic rings. The van der Waals surface area contributed by atoms with Crippen LogP contribution in [-0.4, -0.2) is 41.7 Å². The van der Waals surface area contributed by atoms with Crippen LogP contribution >= 0.6 is 0 Å². The molecule has 0 aromatic heterocycles. The number of nitro benzene ring substituents is 1. The minimum Gasteiger partial charge on any atom is -0.376 e. The quantitative estimate of drug-likeness (QED) is 0.438. The maximum absolute atomic E-state index is 11.9. The highest BCUT2D eigenvalue weighted by molar-refractivity contribution is 6.01. The van der Waals surface area contributed by atoms with Gasteiger partial charge in [-0.3, -0.25) is 19.7 Å². The normalized spacial score (nSPS) is 17.2. The van der Waals surface area contributed by atoms with E-state index < -0.39 is 10.8 Å². The Bertz CT molecular complexity index is 666. The molecule has 0 spiro atoms. The van der Waals surface area contributed by atoms with Gasteiger partial charge in [-0.25, -0.2) is 5.43 Å². The molecule has 1 aliphatic heterocycles. The lowest BCUT2D eigenvalue weighted by molar-refractivity contribution is -0.384. The van der Waals surface area contributed by atoms with Crippen LogP contribution in [0, 0.1) is 10.1 Å². The fourth-order valence-electron chi connectivity index (χ4n) is 2.31. The molecule has 0 saturated carbocycles. The first-order valence-electron chi connectivity index (χ1n) is 7.92. The highest BCUT2D eigenvalue weighted by Crippen LogP contribution is 2.12. The van der Waals surface area contributed by atoms with Crippen molar-refractivity contribution >= 4 is 23.2 Å². The Morgan fingerprint density at radius 3 is 2.68 bits per heavy atom. The van der Waals surface area contributed by atoms with Crippen molar-refractivity contribution in [2.24, 2.45) is 5.10 Å². The predicted octanol–water partition coefficient (Wildman–Crippen LogP) is 1.39. The van der Waals surface area contributed by atoms with Gasteiger partial charge in [-0.05, 0) is 31.9 Å². The second-order valence-electron chi connectivity index (χ2n) is 5.71. The fourth-order valence-corrected chi connectivity index (χ4v) is 2.31. The van der Waals surface area contributed by atoms with Crippen molar-refractivity contribution in [1.29, 1.82) is 0 Å². The molecular weight excluding hydrogens is 328 g/mol. The molecule has 1 aromatic carbocycles. The van der Waals surface area contributed by atoms with Crippen molar-refractivity contribution in [1.82, 2.24) is 10.7 Å². The van der Waals surface area contributed by atoms with Crippen molar-refractivity contribution in [2.45, 2.75) is 32.3 Å². The number of hydrogen-bond donors (Lipinski definition) is 2. The van der Waals surface area contributed by atoms with E-state index in [1.165, 1.54) is 24.3 Å². The van der Waals surface area contributed by atoms with E-state index in [0.717, 1.165) is 19.4 Å². The highest BCUT2D eigenvalue weighted by Gasteiger charge is 2.16. The minimum absolute atomic E-state index is 0.0628. The van der Waals surface area contributed by atoms with Crippen molar-refractivity contribution in [2.75, 3.05) is 13.2 Å². The number of nitrogens with zero attached hydrogens (tertiary/aromatic N) is 2. The molecule has 0 aliphatic carbocycles. The Balaban J connectivity index is 1.77. The average Bonchev–Trinajstić information content (AvgIpc) is 3.11.